The molecular formula is C12H25NO. The van der Waals surface area contributed by atoms with Gasteiger partial charge >= 0.3 is 0 Å². The van der Waals surface area contributed by atoms with Crippen molar-refractivity contribution in [2.45, 2.75) is 70.6 Å². The van der Waals surface area contributed by atoms with E-state index in [0.29, 0.717) is 12.1 Å². The zero-order chi connectivity index (χ0) is 10.4. The molecule has 1 rings (SSSR count). The average Bonchev–Trinajstić information content (AvgIpc) is 2.45. The van der Waals surface area contributed by atoms with Crippen molar-refractivity contribution < 1.29 is 4.74 Å². The second-order valence-corrected chi connectivity index (χ2v) is 4.58. The summed E-state index contributed by atoms with van der Waals surface area (Å²) in [4.78, 5) is 0. The van der Waals surface area contributed by atoms with Crippen molar-refractivity contribution >= 4 is 0 Å². The molecule has 2 heteroatoms. The predicted molar refractivity (Wildman–Crippen MR) is 60.6 cm³/mol. The van der Waals surface area contributed by atoms with Gasteiger partial charge in [0.2, 0.25) is 0 Å². The zero-order valence-electron chi connectivity index (χ0n) is 9.88. The summed E-state index contributed by atoms with van der Waals surface area (Å²) in [5, 5.41) is 3.68. The van der Waals surface area contributed by atoms with E-state index in [-0.39, 0.29) is 0 Å². The second kappa shape index (κ2) is 6.41. The average molecular weight is 199 g/mol. The van der Waals surface area contributed by atoms with Crippen molar-refractivity contribution in [3.63, 3.8) is 0 Å². The maximum Gasteiger partial charge on any atom is 0.0693 e. The first kappa shape index (κ1) is 12.0. The fraction of sp³-hybridized carbons (Fsp3) is 1.00. The summed E-state index contributed by atoms with van der Waals surface area (Å²) >= 11 is 0. The highest BCUT2D eigenvalue weighted by molar-refractivity contribution is 4.77. The van der Waals surface area contributed by atoms with E-state index in [9.17, 15) is 0 Å². The maximum absolute atomic E-state index is 5.32. The Balaban J connectivity index is 2.26. The molecule has 84 valence electrons. The van der Waals surface area contributed by atoms with Gasteiger partial charge in [0.1, 0.15) is 0 Å². The summed E-state index contributed by atoms with van der Waals surface area (Å²) in [5.74, 6) is 0. The van der Waals surface area contributed by atoms with Crippen molar-refractivity contribution in [1.82, 2.24) is 5.32 Å². The van der Waals surface area contributed by atoms with Crippen LogP contribution in [-0.2, 0) is 4.74 Å². The van der Waals surface area contributed by atoms with Gasteiger partial charge in [0.15, 0.2) is 0 Å². The first-order valence-corrected chi connectivity index (χ1v) is 6.03. The van der Waals surface area contributed by atoms with Crippen LogP contribution in [-0.4, -0.2) is 25.3 Å². The lowest BCUT2D eigenvalue weighted by Crippen LogP contribution is -2.42. The van der Waals surface area contributed by atoms with E-state index in [0.717, 1.165) is 6.04 Å². The SMILES string of the molecule is COC(C)C(C)NC1CCCCCC1. The van der Waals surface area contributed by atoms with Gasteiger partial charge in [-0.15, -0.1) is 0 Å². The van der Waals surface area contributed by atoms with Gasteiger partial charge in [-0.3, -0.25) is 0 Å². The Morgan fingerprint density at radius 2 is 1.64 bits per heavy atom. The van der Waals surface area contributed by atoms with Gasteiger partial charge in [-0.1, -0.05) is 25.7 Å². The van der Waals surface area contributed by atoms with E-state index >= 15 is 0 Å². The lowest BCUT2D eigenvalue weighted by Gasteiger charge is -2.25. The second-order valence-electron chi connectivity index (χ2n) is 4.58. The van der Waals surface area contributed by atoms with E-state index in [1.54, 1.807) is 7.11 Å². The minimum atomic E-state index is 0.318. The number of methoxy groups -OCH3 is 1. The lowest BCUT2D eigenvalue weighted by molar-refractivity contribution is 0.0835. The summed E-state index contributed by atoms with van der Waals surface area (Å²) in [6.45, 7) is 4.35. The third kappa shape index (κ3) is 3.97. The fourth-order valence-corrected chi connectivity index (χ4v) is 2.16. The maximum atomic E-state index is 5.32. The Hall–Kier alpha value is -0.0800. The third-order valence-electron chi connectivity index (χ3n) is 3.43. The Bertz CT molecular complexity index is 141. The van der Waals surface area contributed by atoms with Gasteiger partial charge in [-0.25, -0.2) is 0 Å². The monoisotopic (exact) mass is 199 g/mol. The van der Waals surface area contributed by atoms with E-state index in [1.165, 1.54) is 38.5 Å². The summed E-state index contributed by atoms with van der Waals surface area (Å²) in [6, 6.07) is 1.20. The molecule has 1 fully saturated rings. The molecule has 0 bridgehead atoms. The van der Waals surface area contributed by atoms with E-state index in [1.807, 2.05) is 0 Å². The van der Waals surface area contributed by atoms with Crippen LogP contribution in [0.1, 0.15) is 52.4 Å². The Labute approximate surface area is 88.4 Å². The highest BCUT2D eigenvalue weighted by Crippen LogP contribution is 2.18. The van der Waals surface area contributed by atoms with Crippen LogP contribution in [0.4, 0.5) is 0 Å². The van der Waals surface area contributed by atoms with Gasteiger partial charge < -0.3 is 10.1 Å². The van der Waals surface area contributed by atoms with Crippen LogP contribution >= 0.6 is 0 Å². The molecule has 0 radical (unpaired) electrons. The minimum absolute atomic E-state index is 0.318. The summed E-state index contributed by atoms with van der Waals surface area (Å²) in [5.41, 5.74) is 0. The van der Waals surface area contributed by atoms with Crippen molar-refractivity contribution in [1.29, 1.82) is 0 Å². The summed E-state index contributed by atoms with van der Waals surface area (Å²) in [7, 11) is 1.79. The fourth-order valence-electron chi connectivity index (χ4n) is 2.16. The standard InChI is InChI=1S/C12H25NO/c1-10(11(2)14-3)13-12-8-6-4-5-7-9-12/h10-13H,4-9H2,1-3H3. The van der Waals surface area contributed by atoms with Crippen molar-refractivity contribution in [2.24, 2.45) is 0 Å². The first-order chi connectivity index (χ1) is 6.74. The molecule has 0 aromatic carbocycles. The predicted octanol–water partition coefficient (Wildman–Crippen LogP) is 2.72. The zero-order valence-corrected chi connectivity index (χ0v) is 9.88. The number of nitrogens with one attached hydrogen (secondary N) is 1. The van der Waals surface area contributed by atoms with Crippen molar-refractivity contribution in [3.05, 3.63) is 0 Å². The molecule has 0 amide bonds. The number of ether oxygens (including phenoxy) is 1. The molecule has 0 heterocycles. The molecule has 0 aliphatic heterocycles. The lowest BCUT2D eigenvalue weighted by atomic mass is 10.1. The largest absolute Gasteiger partial charge is 0.380 e. The molecule has 0 saturated heterocycles. The van der Waals surface area contributed by atoms with Crippen LogP contribution in [0.15, 0.2) is 0 Å². The number of rotatable bonds is 4. The number of hydrogen-bond acceptors (Lipinski definition) is 2. The molecule has 2 nitrogen and oxygen atoms in total. The van der Waals surface area contributed by atoms with Crippen LogP contribution in [0.25, 0.3) is 0 Å². The van der Waals surface area contributed by atoms with E-state index < -0.39 is 0 Å². The highest BCUT2D eigenvalue weighted by atomic mass is 16.5. The summed E-state index contributed by atoms with van der Waals surface area (Å²) < 4.78 is 5.32. The minimum Gasteiger partial charge on any atom is -0.380 e. The van der Waals surface area contributed by atoms with Gasteiger partial charge in [-0.2, -0.15) is 0 Å². The molecule has 1 N–H and O–H groups in total. The van der Waals surface area contributed by atoms with E-state index in [2.05, 4.69) is 19.2 Å². The molecular weight excluding hydrogens is 174 g/mol. The molecule has 1 aliphatic carbocycles. The smallest absolute Gasteiger partial charge is 0.0693 e. The van der Waals surface area contributed by atoms with Crippen LogP contribution in [0.3, 0.4) is 0 Å². The van der Waals surface area contributed by atoms with Crippen LogP contribution in [0.5, 0.6) is 0 Å². The Kier molecular flexibility index (Phi) is 5.49. The summed E-state index contributed by atoms with van der Waals surface area (Å²) in [6.07, 6.45) is 8.65. The molecule has 0 aromatic heterocycles. The topological polar surface area (TPSA) is 21.3 Å². The third-order valence-corrected chi connectivity index (χ3v) is 3.43. The van der Waals surface area contributed by atoms with Gasteiger partial charge in [-0.05, 0) is 26.7 Å². The van der Waals surface area contributed by atoms with Crippen LogP contribution < -0.4 is 5.32 Å². The normalized spacial score (nSPS) is 24.2. The molecule has 1 aliphatic rings. The van der Waals surface area contributed by atoms with Gasteiger partial charge in [0.25, 0.3) is 0 Å². The molecule has 2 atom stereocenters. The number of hydrogen-bond donors (Lipinski definition) is 1. The van der Waals surface area contributed by atoms with Crippen molar-refractivity contribution in [3.8, 4) is 0 Å². The first-order valence-electron chi connectivity index (χ1n) is 6.03. The van der Waals surface area contributed by atoms with Crippen LogP contribution in [0.2, 0.25) is 0 Å². The van der Waals surface area contributed by atoms with Gasteiger partial charge in [0, 0.05) is 19.2 Å². The highest BCUT2D eigenvalue weighted by Gasteiger charge is 2.17. The van der Waals surface area contributed by atoms with Crippen molar-refractivity contribution in [2.75, 3.05) is 7.11 Å². The Morgan fingerprint density at radius 1 is 1.07 bits per heavy atom. The van der Waals surface area contributed by atoms with Crippen LogP contribution in [0, 0.1) is 0 Å². The molecule has 0 aromatic rings. The molecule has 0 spiro atoms. The molecule has 14 heavy (non-hydrogen) atoms. The van der Waals surface area contributed by atoms with E-state index in [4.69, 9.17) is 4.74 Å². The molecule has 2 unspecified atom stereocenters. The Morgan fingerprint density at radius 3 is 2.14 bits per heavy atom. The molecule has 1 saturated carbocycles. The quantitative estimate of drug-likeness (QED) is 0.703. The van der Waals surface area contributed by atoms with Gasteiger partial charge in [0.05, 0.1) is 6.10 Å².